The smallest absolute Gasteiger partial charge is 0.331 e. The van der Waals surface area contributed by atoms with E-state index in [0.717, 1.165) is 12.0 Å². The Morgan fingerprint density at radius 2 is 1.81 bits per heavy atom. The van der Waals surface area contributed by atoms with Gasteiger partial charge in [0.05, 0.1) is 12.1 Å². The molecular weight excluding hydrogens is 330 g/mol. The number of hydrogen-bond donors (Lipinski definition) is 0. The molecule has 1 aromatic heterocycles. The Balaban J connectivity index is 1.91. The van der Waals surface area contributed by atoms with Crippen LogP contribution in [0.4, 0.5) is 0 Å². The SMILES string of the molecule is CCOC(=O)C(CC(=O)c1ccc(CC)cc1)n1nnc2ccccc21. The molecule has 0 aliphatic carbocycles. The van der Waals surface area contributed by atoms with Crippen LogP contribution in [0.3, 0.4) is 0 Å². The van der Waals surface area contributed by atoms with Crippen LogP contribution in [-0.2, 0) is 16.0 Å². The van der Waals surface area contributed by atoms with Gasteiger partial charge in [0.25, 0.3) is 0 Å². The minimum absolute atomic E-state index is 0.0301. The van der Waals surface area contributed by atoms with Crippen LogP contribution in [0.1, 0.15) is 42.2 Å². The molecule has 0 N–H and O–H groups in total. The molecule has 0 amide bonds. The average molecular weight is 351 g/mol. The molecule has 0 saturated heterocycles. The average Bonchev–Trinajstić information content (AvgIpc) is 3.10. The lowest BCUT2D eigenvalue weighted by atomic mass is 10.0. The van der Waals surface area contributed by atoms with E-state index in [-0.39, 0.29) is 18.8 Å². The Morgan fingerprint density at radius 3 is 2.50 bits per heavy atom. The molecule has 3 rings (SSSR count). The summed E-state index contributed by atoms with van der Waals surface area (Å²) in [5.74, 6) is -0.619. The molecule has 6 nitrogen and oxygen atoms in total. The Kier molecular flexibility index (Phi) is 5.41. The van der Waals surface area contributed by atoms with E-state index in [1.165, 1.54) is 4.68 Å². The first-order valence-electron chi connectivity index (χ1n) is 8.72. The topological polar surface area (TPSA) is 74.1 Å². The maximum absolute atomic E-state index is 12.7. The summed E-state index contributed by atoms with van der Waals surface area (Å²) in [5.41, 5.74) is 3.09. The van der Waals surface area contributed by atoms with Crippen LogP contribution in [0.25, 0.3) is 11.0 Å². The van der Waals surface area contributed by atoms with Crippen molar-refractivity contribution >= 4 is 22.8 Å². The number of benzene rings is 2. The van der Waals surface area contributed by atoms with Crippen molar-refractivity contribution < 1.29 is 14.3 Å². The molecule has 2 aromatic carbocycles. The van der Waals surface area contributed by atoms with Gasteiger partial charge in [-0.15, -0.1) is 5.10 Å². The van der Waals surface area contributed by atoms with E-state index in [9.17, 15) is 9.59 Å². The fourth-order valence-corrected chi connectivity index (χ4v) is 2.85. The van der Waals surface area contributed by atoms with Crippen LogP contribution >= 0.6 is 0 Å². The van der Waals surface area contributed by atoms with Crippen LogP contribution in [0.2, 0.25) is 0 Å². The number of aromatic nitrogens is 3. The van der Waals surface area contributed by atoms with Crippen molar-refractivity contribution in [1.82, 2.24) is 15.0 Å². The summed E-state index contributed by atoms with van der Waals surface area (Å²) in [6.07, 6.45) is 0.878. The van der Waals surface area contributed by atoms with Crippen molar-refractivity contribution in [2.45, 2.75) is 32.7 Å². The zero-order valence-corrected chi connectivity index (χ0v) is 14.9. The number of ether oxygens (including phenoxy) is 1. The fraction of sp³-hybridized carbons (Fsp3) is 0.300. The zero-order chi connectivity index (χ0) is 18.5. The van der Waals surface area contributed by atoms with E-state index < -0.39 is 12.0 Å². The summed E-state index contributed by atoms with van der Waals surface area (Å²) in [5, 5.41) is 8.17. The molecule has 1 unspecified atom stereocenters. The summed E-state index contributed by atoms with van der Waals surface area (Å²) < 4.78 is 6.65. The number of aryl methyl sites for hydroxylation is 1. The first kappa shape index (κ1) is 17.8. The van der Waals surface area contributed by atoms with Gasteiger partial charge >= 0.3 is 5.97 Å². The summed E-state index contributed by atoms with van der Waals surface area (Å²) in [6.45, 7) is 4.03. The molecule has 0 saturated carbocycles. The molecule has 0 radical (unpaired) electrons. The van der Waals surface area contributed by atoms with Crippen LogP contribution in [0, 0.1) is 0 Å². The molecule has 134 valence electrons. The molecule has 0 bridgehead atoms. The van der Waals surface area contributed by atoms with Gasteiger partial charge in [-0.2, -0.15) is 0 Å². The first-order valence-corrected chi connectivity index (χ1v) is 8.72. The zero-order valence-electron chi connectivity index (χ0n) is 14.9. The number of nitrogens with zero attached hydrogens (tertiary/aromatic N) is 3. The van der Waals surface area contributed by atoms with Gasteiger partial charge in [0, 0.05) is 12.0 Å². The monoisotopic (exact) mass is 351 g/mol. The van der Waals surface area contributed by atoms with Gasteiger partial charge in [-0.1, -0.05) is 48.5 Å². The number of Topliss-reactive ketones (excluding diaryl/α,β-unsaturated/α-hetero) is 1. The third-order valence-electron chi connectivity index (χ3n) is 4.29. The highest BCUT2D eigenvalue weighted by atomic mass is 16.5. The van der Waals surface area contributed by atoms with Crippen LogP contribution in [-0.4, -0.2) is 33.4 Å². The number of para-hydroxylation sites is 1. The Bertz CT molecular complexity index is 915. The molecule has 1 heterocycles. The normalized spacial score (nSPS) is 12.1. The molecule has 0 fully saturated rings. The van der Waals surface area contributed by atoms with E-state index in [2.05, 4.69) is 17.2 Å². The predicted molar refractivity (Wildman–Crippen MR) is 98.0 cm³/mol. The summed E-state index contributed by atoms with van der Waals surface area (Å²) in [4.78, 5) is 25.2. The lowest BCUT2D eigenvalue weighted by molar-refractivity contribution is -0.147. The highest BCUT2D eigenvalue weighted by Crippen LogP contribution is 2.22. The lowest BCUT2D eigenvalue weighted by Crippen LogP contribution is -2.26. The molecule has 6 heteroatoms. The van der Waals surface area contributed by atoms with Gasteiger partial charge in [-0.05, 0) is 31.0 Å². The second-order valence-electron chi connectivity index (χ2n) is 5.97. The third kappa shape index (κ3) is 3.64. The van der Waals surface area contributed by atoms with Crippen molar-refractivity contribution in [3.63, 3.8) is 0 Å². The van der Waals surface area contributed by atoms with Gasteiger partial charge in [0.1, 0.15) is 5.52 Å². The van der Waals surface area contributed by atoms with Gasteiger partial charge in [0.15, 0.2) is 11.8 Å². The second-order valence-corrected chi connectivity index (χ2v) is 5.97. The van der Waals surface area contributed by atoms with Crippen LogP contribution < -0.4 is 0 Å². The minimum atomic E-state index is -0.847. The van der Waals surface area contributed by atoms with Gasteiger partial charge in [-0.3, -0.25) is 4.79 Å². The quantitative estimate of drug-likeness (QED) is 0.482. The van der Waals surface area contributed by atoms with Crippen molar-refractivity contribution in [1.29, 1.82) is 0 Å². The largest absolute Gasteiger partial charge is 0.464 e. The molecule has 0 aliphatic heterocycles. The molecule has 1 atom stereocenters. The fourth-order valence-electron chi connectivity index (χ4n) is 2.85. The molecule has 0 aliphatic rings. The summed E-state index contributed by atoms with van der Waals surface area (Å²) in [6, 6.07) is 13.9. The van der Waals surface area contributed by atoms with Crippen molar-refractivity contribution in [3.05, 3.63) is 59.7 Å². The van der Waals surface area contributed by atoms with Crippen LogP contribution in [0.5, 0.6) is 0 Å². The standard InChI is InChI=1S/C20H21N3O3/c1-3-14-9-11-15(12-10-14)19(24)13-18(20(25)26-4-2)23-17-8-6-5-7-16(17)21-22-23/h5-12,18H,3-4,13H2,1-2H3. The van der Waals surface area contributed by atoms with Crippen molar-refractivity contribution in [2.75, 3.05) is 6.61 Å². The number of carbonyl (C=O) groups is 2. The maximum Gasteiger partial charge on any atom is 0.331 e. The summed E-state index contributed by atoms with van der Waals surface area (Å²) >= 11 is 0. The Hall–Kier alpha value is -3.02. The maximum atomic E-state index is 12.7. The van der Waals surface area contributed by atoms with E-state index in [0.29, 0.717) is 16.6 Å². The minimum Gasteiger partial charge on any atom is -0.464 e. The Morgan fingerprint density at radius 1 is 1.08 bits per heavy atom. The van der Waals surface area contributed by atoms with E-state index in [1.54, 1.807) is 19.1 Å². The highest BCUT2D eigenvalue weighted by Gasteiger charge is 2.28. The first-order chi connectivity index (χ1) is 12.6. The van der Waals surface area contributed by atoms with Crippen LogP contribution in [0.15, 0.2) is 48.5 Å². The van der Waals surface area contributed by atoms with Gasteiger partial charge in [0.2, 0.25) is 0 Å². The Labute approximate surface area is 151 Å². The number of esters is 1. The lowest BCUT2D eigenvalue weighted by Gasteiger charge is -2.16. The van der Waals surface area contributed by atoms with E-state index >= 15 is 0 Å². The van der Waals surface area contributed by atoms with E-state index in [4.69, 9.17) is 4.74 Å². The molecule has 0 spiro atoms. The number of rotatable bonds is 7. The highest BCUT2D eigenvalue weighted by molar-refractivity contribution is 5.98. The molecule has 3 aromatic rings. The third-order valence-corrected chi connectivity index (χ3v) is 4.29. The number of hydrogen-bond acceptors (Lipinski definition) is 5. The summed E-state index contributed by atoms with van der Waals surface area (Å²) in [7, 11) is 0. The van der Waals surface area contributed by atoms with E-state index in [1.807, 2.05) is 36.4 Å². The number of ketones is 1. The molecular formula is C20H21N3O3. The molecule has 26 heavy (non-hydrogen) atoms. The van der Waals surface area contributed by atoms with Gasteiger partial charge in [-0.25, -0.2) is 9.48 Å². The van der Waals surface area contributed by atoms with Crippen molar-refractivity contribution in [2.24, 2.45) is 0 Å². The number of carbonyl (C=O) groups excluding carboxylic acids is 2. The second kappa shape index (κ2) is 7.91. The predicted octanol–water partition coefficient (Wildman–Crippen LogP) is 3.37. The van der Waals surface area contributed by atoms with Gasteiger partial charge < -0.3 is 4.74 Å². The van der Waals surface area contributed by atoms with Crippen molar-refractivity contribution in [3.8, 4) is 0 Å². The number of fused-ring (bicyclic) bond motifs is 1.